The summed E-state index contributed by atoms with van der Waals surface area (Å²) in [5, 5.41) is 0. The summed E-state index contributed by atoms with van der Waals surface area (Å²) in [7, 11) is 1.34. The number of ketones is 1. The van der Waals surface area contributed by atoms with E-state index in [4.69, 9.17) is 0 Å². The molecule has 84 valence electrons. The van der Waals surface area contributed by atoms with Crippen molar-refractivity contribution in [2.24, 2.45) is 0 Å². The van der Waals surface area contributed by atoms with E-state index in [2.05, 4.69) is 9.72 Å². The summed E-state index contributed by atoms with van der Waals surface area (Å²) in [5.41, 5.74) is 1.28. The van der Waals surface area contributed by atoms with Gasteiger partial charge in [0.2, 0.25) is 0 Å². The van der Waals surface area contributed by atoms with Crippen molar-refractivity contribution < 1.29 is 14.3 Å². The van der Waals surface area contributed by atoms with Crippen molar-refractivity contribution in [3.63, 3.8) is 0 Å². The van der Waals surface area contributed by atoms with Gasteiger partial charge in [-0.2, -0.15) is 0 Å². The molecule has 0 saturated heterocycles. The number of aromatic nitrogens is 1. The van der Waals surface area contributed by atoms with E-state index >= 15 is 0 Å². The number of rotatable bonds is 4. The number of hydrogen-bond donors (Lipinski definition) is 0. The number of carbonyl (C=O) groups is 2. The van der Waals surface area contributed by atoms with Gasteiger partial charge in [0.15, 0.2) is 5.78 Å². The molecular formula is C12H13NO3. The second-order valence-electron chi connectivity index (χ2n) is 3.21. The normalized spacial score (nSPS) is 10.4. The minimum absolute atomic E-state index is 0.0161. The van der Waals surface area contributed by atoms with Crippen molar-refractivity contribution in [3.8, 4) is 0 Å². The first kappa shape index (κ1) is 12.1. The monoisotopic (exact) mass is 219 g/mol. The third kappa shape index (κ3) is 3.65. The van der Waals surface area contributed by atoms with Gasteiger partial charge in [0.1, 0.15) is 0 Å². The smallest absolute Gasteiger partial charge is 0.309 e. The Morgan fingerprint density at radius 1 is 1.44 bits per heavy atom. The van der Waals surface area contributed by atoms with E-state index in [9.17, 15) is 9.59 Å². The predicted octanol–water partition coefficient (Wildman–Crippen LogP) is 1.86. The maximum absolute atomic E-state index is 11.0. The molecule has 1 aromatic heterocycles. The van der Waals surface area contributed by atoms with Crippen LogP contribution in [0.3, 0.4) is 0 Å². The summed E-state index contributed by atoms with van der Waals surface area (Å²) in [6, 6.07) is 3.43. The topological polar surface area (TPSA) is 56.3 Å². The van der Waals surface area contributed by atoms with Crippen LogP contribution in [-0.4, -0.2) is 23.8 Å². The number of carbonyl (C=O) groups excluding carboxylic acids is 2. The second-order valence-corrected chi connectivity index (χ2v) is 3.21. The van der Waals surface area contributed by atoms with E-state index in [0.29, 0.717) is 11.3 Å². The molecule has 0 N–H and O–H groups in total. The highest BCUT2D eigenvalue weighted by molar-refractivity contribution is 5.93. The van der Waals surface area contributed by atoms with Crippen molar-refractivity contribution in [2.45, 2.75) is 13.3 Å². The number of hydrogen-bond acceptors (Lipinski definition) is 4. The Balaban J connectivity index is 2.61. The first-order chi connectivity index (χ1) is 7.63. The molecule has 0 aliphatic rings. The Morgan fingerprint density at radius 2 is 2.19 bits per heavy atom. The van der Waals surface area contributed by atoms with Gasteiger partial charge in [0.25, 0.3) is 0 Å². The minimum atomic E-state index is -0.295. The molecule has 0 aromatic carbocycles. The molecular weight excluding hydrogens is 206 g/mol. The third-order valence-electron chi connectivity index (χ3n) is 1.99. The molecule has 0 aliphatic carbocycles. The van der Waals surface area contributed by atoms with E-state index in [1.165, 1.54) is 20.2 Å². The molecule has 0 fully saturated rings. The van der Waals surface area contributed by atoms with Gasteiger partial charge in [-0.1, -0.05) is 6.08 Å². The Morgan fingerprint density at radius 3 is 2.69 bits per heavy atom. The maximum atomic E-state index is 11.0. The van der Waals surface area contributed by atoms with E-state index < -0.39 is 0 Å². The fourth-order valence-corrected chi connectivity index (χ4v) is 1.07. The Labute approximate surface area is 94.0 Å². The van der Waals surface area contributed by atoms with Gasteiger partial charge in [-0.3, -0.25) is 14.6 Å². The molecule has 0 saturated carbocycles. The average Bonchev–Trinajstić information content (AvgIpc) is 2.29. The molecule has 1 rings (SSSR count). The zero-order valence-corrected chi connectivity index (χ0v) is 9.27. The highest BCUT2D eigenvalue weighted by Crippen LogP contribution is 2.03. The van der Waals surface area contributed by atoms with Crippen LogP contribution in [0.1, 0.15) is 29.4 Å². The highest BCUT2D eigenvalue weighted by atomic mass is 16.5. The fourth-order valence-electron chi connectivity index (χ4n) is 1.07. The molecule has 16 heavy (non-hydrogen) atoms. The number of esters is 1. The minimum Gasteiger partial charge on any atom is -0.469 e. The number of pyridine rings is 1. The molecule has 0 amide bonds. The molecule has 4 heteroatoms. The first-order valence-electron chi connectivity index (χ1n) is 4.84. The summed E-state index contributed by atoms with van der Waals surface area (Å²) in [6.45, 7) is 1.49. The van der Waals surface area contributed by atoms with E-state index in [0.717, 1.165) is 0 Å². The van der Waals surface area contributed by atoms with Gasteiger partial charge in [-0.25, -0.2) is 0 Å². The quantitative estimate of drug-likeness (QED) is 0.573. The van der Waals surface area contributed by atoms with Gasteiger partial charge in [-0.05, 0) is 25.1 Å². The lowest BCUT2D eigenvalue weighted by molar-refractivity contribution is -0.139. The van der Waals surface area contributed by atoms with Crippen molar-refractivity contribution in [1.82, 2.24) is 4.98 Å². The molecule has 0 aliphatic heterocycles. The largest absolute Gasteiger partial charge is 0.469 e. The van der Waals surface area contributed by atoms with Gasteiger partial charge in [0, 0.05) is 11.8 Å². The highest BCUT2D eigenvalue weighted by Gasteiger charge is 1.98. The van der Waals surface area contributed by atoms with Gasteiger partial charge in [0.05, 0.1) is 19.2 Å². The van der Waals surface area contributed by atoms with Crippen LogP contribution < -0.4 is 0 Å². The predicted molar refractivity (Wildman–Crippen MR) is 59.9 cm³/mol. The number of Topliss-reactive ketones (excluding diaryl/α,β-unsaturated/α-hetero) is 1. The lowest BCUT2D eigenvalue weighted by Crippen LogP contribution is -1.97. The van der Waals surface area contributed by atoms with Gasteiger partial charge < -0.3 is 4.74 Å². The second kappa shape index (κ2) is 5.80. The van der Waals surface area contributed by atoms with Crippen molar-refractivity contribution in [1.29, 1.82) is 0 Å². The maximum Gasteiger partial charge on any atom is 0.309 e. The molecule has 1 heterocycles. The van der Waals surface area contributed by atoms with Crippen molar-refractivity contribution >= 4 is 17.8 Å². The average molecular weight is 219 g/mol. The Hall–Kier alpha value is -1.97. The van der Waals surface area contributed by atoms with Crippen LogP contribution in [-0.2, 0) is 9.53 Å². The fraction of sp³-hybridized carbons (Fsp3) is 0.250. The summed E-state index contributed by atoms with van der Waals surface area (Å²) < 4.78 is 4.48. The van der Waals surface area contributed by atoms with Gasteiger partial charge >= 0.3 is 5.97 Å². The van der Waals surface area contributed by atoms with Crippen LogP contribution in [0.2, 0.25) is 0 Å². The van der Waals surface area contributed by atoms with E-state index in [1.807, 2.05) is 0 Å². The van der Waals surface area contributed by atoms with Crippen molar-refractivity contribution in [2.75, 3.05) is 7.11 Å². The van der Waals surface area contributed by atoms with Crippen LogP contribution >= 0.6 is 0 Å². The third-order valence-corrected chi connectivity index (χ3v) is 1.99. The molecule has 1 aromatic rings. The van der Waals surface area contributed by atoms with E-state index in [1.54, 1.807) is 24.3 Å². The van der Waals surface area contributed by atoms with Crippen LogP contribution in [0.4, 0.5) is 0 Å². The summed E-state index contributed by atoms with van der Waals surface area (Å²) in [4.78, 5) is 25.8. The zero-order chi connectivity index (χ0) is 12.0. The molecule has 4 nitrogen and oxygen atoms in total. The lowest BCUT2D eigenvalue weighted by atomic mass is 10.2. The van der Waals surface area contributed by atoms with Crippen LogP contribution in [0.15, 0.2) is 24.4 Å². The summed E-state index contributed by atoms with van der Waals surface area (Å²) in [5.74, 6) is -0.311. The number of ether oxygens (including phenoxy) is 1. The molecule has 0 radical (unpaired) electrons. The van der Waals surface area contributed by atoms with Crippen LogP contribution in [0.5, 0.6) is 0 Å². The first-order valence-corrected chi connectivity index (χ1v) is 4.84. The Kier molecular flexibility index (Phi) is 4.39. The number of nitrogens with zero attached hydrogens (tertiary/aromatic N) is 1. The SMILES string of the molecule is COC(=O)CC=Cc1ccc(C(C)=O)cn1. The Bertz CT molecular complexity index is 407. The molecule has 0 atom stereocenters. The van der Waals surface area contributed by atoms with Crippen LogP contribution in [0.25, 0.3) is 6.08 Å². The zero-order valence-electron chi connectivity index (χ0n) is 9.27. The van der Waals surface area contributed by atoms with Crippen molar-refractivity contribution in [3.05, 3.63) is 35.7 Å². The molecule has 0 spiro atoms. The lowest BCUT2D eigenvalue weighted by Gasteiger charge is -1.96. The summed E-state index contributed by atoms with van der Waals surface area (Å²) >= 11 is 0. The van der Waals surface area contributed by atoms with Crippen LogP contribution in [0, 0.1) is 0 Å². The molecule has 0 unspecified atom stereocenters. The summed E-state index contributed by atoms with van der Waals surface area (Å²) in [6.07, 6.45) is 5.11. The van der Waals surface area contributed by atoms with Gasteiger partial charge in [-0.15, -0.1) is 0 Å². The van der Waals surface area contributed by atoms with E-state index in [-0.39, 0.29) is 18.2 Å². The molecule has 0 bridgehead atoms. The number of methoxy groups -OCH3 is 1. The standard InChI is InChI=1S/C12H13NO3/c1-9(14)10-6-7-11(13-8-10)4-3-5-12(15)16-2/h3-4,6-8H,5H2,1-2H3.